The Morgan fingerprint density at radius 2 is 2.15 bits per heavy atom. The molecule has 0 atom stereocenters. The number of nitrogens with one attached hydrogen (secondary N) is 1. The fourth-order valence-electron chi connectivity index (χ4n) is 1.49. The van der Waals surface area contributed by atoms with Gasteiger partial charge in [-0.15, -0.1) is 0 Å². The fraction of sp³-hybridized carbons (Fsp3) is 0.333. The van der Waals surface area contributed by atoms with E-state index in [9.17, 15) is 8.78 Å². The number of rotatable bonds is 0. The molecular formula is C9H8BrF2N. The highest BCUT2D eigenvalue weighted by molar-refractivity contribution is 9.10. The summed E-state index contributed by atoms with van der Waals surface area (Å²) in [7, 11) is 0. The van der Waals surface area contributed by atoms with Crippen molar-refractivity contribution in [3.8, 4) is 0 Å². The number of fused-ring (bicyclic) bond motifs is 1. The minimum atomic E-state index is -2.69. The predicted octanol–water partition coefficient (Wildman–Crippen LogP) is 3.36. The predicted molar refractivity (Wildman–Crippen MR) is 51.1 cm³/mol. The lowest BCUT2D eigenvalue weighted by Gasteiger charge is -2.26. The van der Waals surface area contributed by atoms with Crippen LogP contribution >= 0.6 is 15.9 Å². The zero-order valence-electron chi connectivity index (χ0n) is 6.78. The maximum absolute atomic E-state index is 13.3. The van der Waals surface area contributed by atoms with Crippen molar-refractivity contribution in [1.29, 1.82) is 0 Å². The maximum Gasteiger partial charge on any atom is 0.276 e. The number of halogens is 3. The third-order valence-corrected chi connectivity index (χ3v) is 2.81. The molecule has 1 aliphatic rings. The third-order valence-electron chi connectivity index (χ3n) is 2.15. The average molecular weight is 248 g/mol. The number of benzene rings is 1. The van der Waals surface area contributed by atoms with Crippen molar-refractivity contribution in [1.82, 2.24) is 0 Å². The standard InChI is InChI=1S/C9H8BrF2N/c10-7-3-1-2-6-8(7)13-5-4-9(6,11)12/h1-3,13H,4-5H2. The van der Waals surface area contributed by atoms with Crippen LogP contribution in [-0.2, 0) is 5.92 Å². The van der Waals surface area contributed by atoms with Gasteiger partial charge in [-0.2, -0.15) is 0 Å². The second kappa shape index (κ2) is 2.94. The van der Waals surface area contributed by atoms with Gasteiger partial charge in [0.2, 0.25) is 0 Å². The molecule has 0 bridgehead atoms. The van der Waals surface area contributed by atoms with E-state index in [1.165, 1.54) is 6.07 Å². The summed E-state index contributed by atoms with van der Waals surface area (Å²) in [5.74, 6) is -2.69. The van der Waals surface area contributed by atoms with E-state index in [0.29, 0.717) is 16.7 Å². The van der Waals surface area contributed by atoms with Gasteiger partial charge in [-0.25, -0.2) is 8.78 Å². The van der Waals surface area contributed by atoms with Crippen LogP contribution in [-0.4, -0.2) is 6.54 Å². The van der Waals surface area contributed by atoms with E-state index in [1.54, 1.807) is 12.1 Å². The lowest BCUT2D eigenvalue weighted by atomic mass is 10.00. The molecule has 0 spiro atoms. The molecule has 0 amide bonds. The molecule has 1 heterocycles. The highest BCUT2D eigenvalue weighted by Gasteiger charge is 2.37. The largest absolute Gasteiger partial charge is 0.383 e. The van der Waals surface area contributed by atoms with Crippen LogP contribution in [0.3, 0.4) is 0 Å². The van der Waals surface area contributed by atoms with E-state index >= 15 is 0 Å². The molecule has 0 radical (unpaired) electrons. The average Bonchev–Trinajstić information content (AvgIpc) is 2.06. The highest BCUT2D eigenvalue weighted by atomic mass is 79.9. The molecule has 0 saturated heterocycles. The summed E-state index contributed by atoms with van der Waals surface area (Å²) in [5.41, 5.74) is 0.617. The van der Waals surface area contributed by atoms with Gasteiger partial charge in [-0.1, -0.05) is 12.1 Å². The molecule has 0 unspecified atom stereocenters. The lowest BCUT2D eigenvalue weighted by molar-refractivity contribution is -0.0123. The van der Waals surface area contributed by atoms with Crippen molar-refractivity contribution in [3.05, 3.63) is 28.2 Å². The van der Waals surface area contributed by atoms with Crippen molar-refractivity contribution < 1.29 is 8.78 Å². The molecule has 1 aromatic carbocycles. The molecule has 70 valence electrons. The first kappa shape index (κ1) is 8.94. The zero-order valence-corrected chi connectivity index (χ0v) is 8.37. The Kier molecular flexibility index (Phi) is 2.02. The van der Waals surface area contributed by atoms with Gasteiger partial charge in [0.15, 0.2) is 0 Å². The highest BCUT2D eigenvalue weighted by Crippen LogP contribution is 2.42. The van der Waals surface area contributed by atoms with Crippen molar-refractivity contribution in [2.75, 3.05) is 11.9 Å². The molecule has 1 aromatic rings. The van der Waals surface area contributed by atoms with Gasteiger partial charge in [-0.05, 0) is 22.0 Å². The molecule has 0 saturated carbocycles. The Labute approximate surface area is 83.3 Å². The second-order valence-electron chi connectivity index (χ2n) is 3.04. The van der Waals surface area contributed by atoms with Crippen LogP contribution < -0.4 is 5.32 Å². The minimum absolute atomic E-state index is 0.0909. The zero-order chi connectivity index (χ0) is 9.47. The van der Waals surface area contributed by atoms with Crippen molar-refractivity contribution in [2.45, 2.75) is 12.3 Å². The Balaban J connectivity index is 2.58. The Morgan fingerprint density at radius 1 is 1.38 bits per heavy atom. The minimum Gasteiger partial charge on any atom is -0.383 e. The summed E-state index contributed by atoms with van der Waals surface area (Å²) in [6.45, 7) is 0.322. The summed E-state index contributed by atoms with van der Waals surface area (Å²) < 4.78 is 27.3. The van der Waals surface area contributed by atoms with Crippen molar-refractivity contribution >= 4 is 21.6 Å². The first-order chi connectivity index (χ1) is 6.11. The van der Waals surface area contributed by atoms with Gasteiger partial charge in [0, 0.05) is 23.0 Å². The number of para-hydroxylation sites is 1. The molecule has 0 fully saturated rings. The van der Waals surface area contributed by atoms with Crippen LogP contribution in [0.4, 0.5) is 14.5 Å². The van der Waals surface area contributed by atoms with Crippen molar-refractivity contribution in [2.24, 2.45) is 0 Å². The van der Waals surface area contributed by atoms with Crippen molar-refractivity contribution in [3.63, 3.8) is 0 Å². The summed E-state index contributed by atoms with van der Waals surface area (Å²) in [6, 6.07) is 4.85. The lowest BCUT2D eigenvalue weighted by Crippen LogP contribution is -2.26. The van der Waals surface area contributed by atoms with E-state index in [-0.39, 0.29) is 12.0 Å². The second-order valence-corrected chi connectivity index (χ2v) is 3.90. The topological polar surface area (TPSA) is 12.0 Å². The van der Waals surface area contributed by atoms with E-state index < -0.39 is 5.92 Å². The Bertz CT molecular complexity index is 338. The van der Waals surface area contributed by atoms with Gasteiger partial charge < -0.3 is 5.32 Å². The van der Waals surface area contributed by atoms with Gasteiger partial charge >= 0.3 is 0 Å². The normalized spacial score (nSPS) is 19.0. The molecular weight excluding hydrogens is 240 g/mol. The summed E-state index contributed by atoms with van der Waals surface area (Å²) in [5, 5.41) is 2.96. The summed E-state index contributed by atoms with van der Waals surface area (Å²) in [6.07, 6.45) is -0.129. The first-order valence-corrected chi connectivity index (χ1v) is 4.81. The Morgan fingerprint density at radius 3 is 2.85 bits per heavy atom. The summed E-state index contributed by atoms with van der Waals surface area (Å²) in [4.78, 5) is 0. The van der Waals surface area contributed by atoms with E-state index in [4.69, 9.17) is 0 Å². The maximum atomic E-state index is 13.3. The Hall–Kier alpha value is -0.640. The quantitative estimate of drug-likeness (QED) is 0.742. The SMILES string of the molecule is FC1(F)CCNc2c(Br)cccc21. The van der Waals surface area contributed by atoms with E-state index in [2.05, 4.69) is 21.2 Å². The smallest absolute Gasteiger partial charge is 0.276 e. The van der Waals surface area contributed by atoms with Crippen LogP contribution in [0, 0.1) is 0 Å². The van der Waals surface area contributed by atoms with E-state index in [0.717, 1.165) is 0 Å². The number of hydrogen-bond acceptors (Lipinski definition) is 1. The monoisotopic (exact) mass is 247 g/mol. The molecule has 0 aromatic heterocycles. The van der Waals surface area contributed by atoms with Crippen LogP contribution in [0.5, 0.6) is 0 Å². The first-order valence-electron chi connectivity index (χ1n) is 4.02. The number of hydrogen-bond donors (Lipinski definition) is 1. The molecule has 13 heavy (non-hydrogen) atoms. The number of anilines is 1. The number of alkyl halides is 2. The molecule has 2 rings (SSSR count). The fourth-order valence-corrected chi connectivity index (χ4v) is 1.99. The van der Waals surface area contributed by atoms with Crippen LogP contribution in [0.15, 0.2) is 22.7 Å². The third kappa shape index (κ3) is 1.43. The van der Waals surface area contributed by atoms with Gasteiger partial charge in [0.05, 0.1) is 5.69 Å². The van der Waals surface area contributed by atoms with Crippen LogP contribution in [0.2, 0.25) is 0 Å². The molecule has 1 nitrogen and oxygen atoms in total. The molecule has 1 aliphatic heterocycles. The molecule has 0 aliphatic carbocycles. The molecule has 1 N–H and O–H groups in total. The van der Waals surface area contributed by atoms with E-state index in [1.807, 2.05) is 0 Å². The van der Waals surface area contributed by atoms with Gasteiger partial charge in [0.25, 0.3) is 5.92 Å². The van der Waals surface area contributed by atoms with Gasteiger partial charge in [0.1, 0.15) is 0 Å². The van der Waals surface area contributed by atoms with Crippen LogP contribution in [0.1, 0.15) is 12.0 Å². The summed E-state index contributed by atoms with van der Waals surface area (Å²) >= 11 is 3.24. The van der Waals surface area contributed by atoms with Gasteiger partial charge in [-0.3, -0.25) is 0 Å². The molecule has 4 heteroatoms. The van der Waals surface area contributed by atoms with Crippen LogP contribution in [0.25, 0.3) is 0 Å².